The Bertz CT molecular complexity index is 485. The normalized spacial score (nSPS) is 33.9. The van der Waals surface area contributed by atoms with Crippen molar-refractivity contribution >= 4 is 11.8 Å². The minimum absolute atomic E-state index is 0.0557. The molecule has 0 unspecified atom stereocenters. The summed E-state index contributed by atoms with van der Waals surface area (Å²) in [7, 11) is 0. The molecule has 2 amide bonds. The SMILES string of the molecule is O=C([C@@H]1C[C@@H]2OCC[C@@H]2N1C(=O)CC1CCOCC1)N1CCCC1. The van der Waals surface area contributed by atoms with Crippen LogP contribution < -0.4 is 0 Å². The van der Waals surface area contributed by atoms with Crippen LogP contribution in [0.5, 0.6) is 0 Å². The van der Waals surface area contributed by atoms with Crippen LogP contribution in [0.25, 0.3) is 0 Å². The van der Waals surface area contributed by atoms with Gasteiger partial charge in [0, 0.05) is 45.8 Å². The Morgan fingerprint density at radius 3 is 2.50 bits per heavy atom. The zero-order valence-corrected chi connectivity index (χ0v) is 14.3. The van der Waals surface area contributed by atoms with Gasteiger partial charge < -0.3 is 19.3 Å². The standard InChI is InChI=1S/C18H28N2O4/c21-17(11-13-3-8-23-9-4-13)20-14-5-10-24-16(14)12-15(20)18(22)19-6-1-2-7-19/h13-16H,1-12H2/t14-,15-,16-/m0/s1. The smallest absolute Gasteiger partial charge is 0.245 e. The van der Waals surface area contributed by atoms with Crippen LogP contribution in [0.15, 0.2) is 0 Å². The Hall–Kier alpha value is -1.14. The van der Waals surface area contributed by atoms with Crippen molar-refractivity contribution in [2.24, 2.45) is 5.92 Å². The Labute approximate surface area is 143 Å². The molecule has 6 heteroatoms. The fourth-order valence-electron chi connectivity index (χ4n) is 4.77. The second-order valence-corrected chi connectivity index (χ2v) is 7.61. The summed E-state index contributed by atoms with van der Waals surface area (Å²) in [5, 5.41) is 0. The molecule has 0 saturated carbocycles. The highest BCUT2D eigenvalue weighted by molar-refractivity contribution is 5.89. The lowest BCUT2D eigenvalue weighted by Gasteiger charge is -2.32. The lowest BCUT2D eigenvalue weighted by Crippen LogP contribution is -2.50. The number of ether oxygens (including phenoxy) is 2. The van der Waals surface area contributed by atoms with Crippen molar-refractivity contribution in [1.82, 2.24) is 9.80 Å². The van der Waals surface area contributed by atoms with E-state index in [-0.39, 0.29) is 30.0 Å². The highest BCUT2D eigenvalue weighted by Crippen LogP contribution is 2.36. The molecule has 6 nitrogen and oxygen atoms in total. The maximum atomic E-state index is 13.0. The predicted octanol–water partition coefficient (Wildman–Crippen LogP) is 1.18. The summed E-state index contributed by atoms with van der Waals surface area (Å²) in [6.45, 7) is 3.90. The van der Waals surface area contributed by atoms with Crippen molar-refractivity contribution in [2.45, 2.75) is 63.1 Å². The second kappa shape index (κ2) is 7.00. The Morgan fingerprint density at radius 1 is 1.00 bits per heavy atom. The summed E-state index contributed by atoms with van der Waals surface area (Å²) < 4.78 is 11.2. The van der Waals surface area contributed by atoms with Crippen LogP contribution in [0, 0.1) is 5.92 Å². The fourth-order valence-corrected chi connectivity index (χ4v) is 4.77. The van der Waals surface area contributed by atoms with Crippen molar-refractivity contribution in [3.63, 3.8) is 0 Å². The van der Waals surface area contributed by atoms with Crippen molar-refractivity contribution in [2.75, 3.05) is 32.9 Å². The summed E-state index contributed by atoms with van der Waals surface area (Å²) in [5.41, 5.74) is 0. The van der Waals surface area contributed by atoms with Gasteiger partial charge in [-0.1, -0.05) is 0 Å². The third-order valence-electron chi connectivity index (χ3n) is 6.12. The van der Waals surface area contributed by atoms with E-state index < -0.39 is 0 Å². The van der Waals surface area contributed by atoms with E-state index in [1.807, 2.05) is 9.80 Å². The van der Waals surface area contributed by atoms with Crippen molar-refractivity contribution in [3.8, 4) is 0 Å². The molecular weight excluding hydrogens is 308 g/mol. The van der Waals surface area contributed by atoms with Gasteiger partial charge >= 0.3 is 0 Å². The van der Waals surface area contributed by atoms with Crippen molar-refractivity contribution in [1.29, 1.82) is 0 Å². The maximum absolute atomic E-state index is 13.0. The lowest BCUT2D eigenvalue weighted by molar-refractivity contribution is -0.145. The van der Waals surface area contributed by atoms with E-state index in [0.29, 0.717) is 25.4 Å². The molecule has 0 aromatic heterocycles. The molecule has 3 atom stereocenters. The molecule has 4 heterocycles. The molecule has 0 aromatic carbocycles. The van der Waals surface area contributed by atoms with Gasteiger partial charge in [-0.15, -0.1) is 0 Å². The first-order valence-corrected chi connectivity index (χ1v) is 9.53. The average molecular weight is 336 g/mol. The number of rotatable bonds is 3. The average Bonchev–Trinajstić information content (AvgIpc) is 3.31. The zero-order chi connectivity index (χ0) is 16.5. The van der Waals surface area contributed by atoms with E-state index in [2.05, 4.69) is 0 Å². The number of hydrogen-bond donors (Lipinski definition) is 0. The predicted molar refractivity (Wildman–Crippen MR) is 87.4 cm³/mol. The maximum Gasteiger partial charge on any atom is 0.245 e. The molecule has 0 aromatic rings. The zero-order valence-electron chi connectivity index (χ0n) is 14.3. The third kappa shape index (κ3) is 3.06. The van der Waals surface area contributed by atoms with Gasteiger partial charge in [-0.05, 0) is 38.0 Å². The lowest BCUT2D eigenvalue weighted by atomic mass is 9.95. The number of amides is 2. The number of nitrogens with zero attached hydrogens (tertiary/aromatic N) is 2. The Balaban J connectivity index is 1.47. The topological polar surface area (TPSA) is 59.1 Å². The van der Waals surface area contributed by atoms with Gasteiger partial charge in [0.2, 0.25) is 11.8 Å². The molecule has 4 aliphatic rings. The summed E-state index contributed by atoms with van der Waals surface area (Å²) in [4.78, 5) is 29.8. The molecule has 24 heavy (non-hydrogen) atoms. The first kappa shape index (κ1) is 16.3. The number of fused-ring (bicyclic) bond motifs is 1. The highest BCUT2D eigenvalue weighted by Gasteiger charge is 2.50. The molecule has 4 fully saturated rings. The van der Waals surface area contributed by atoms with Gasteiger partial charge in [0.1, 0.15) is 6.04 Å². The van der Waals surface area contributed by atoms with Gasteiger partial charge in [-0.3, -0.25) is 9.59 Å². The summed E-state index contributed by atoms with van der Waals surface area (Å²) >= 11 is 0. The molecule has 4 rings (SSSR count). The molecule has 0 aliphatic carbocycles. The quantitative estimate of drug-likeness (QED) is 0.777. The third-order valence-corrected chi connectivity index (χ3v) is 6.12. The van der Waals surface area contributed by atoms with Crippen molar-refractivity contribution in [3.05, 3.63) is 0 Å². The van der Waals surface area contributed by atoms with Crippen LogP contribution in [0.4, 0.5) is 0 Å². The number of hydrogen-bond acceptors (Lipinski definition) is 4. The van der Waals surface area contributed by atoms with Gasteiger partial charge in [-0.2, -0.15) is 0 Å². The highest BCUT2D eigenvalue weighted by atomic mass is 16.5. The first-order valence-electron chi connectivity index (χ1n) is 9.53. The fraction of sp³-hybridized carbons (Fsp3) is 0.889. The molecule has 0 radical (unpaired) electrons. The number of carbonyl (C=O) groups is 2. The van der Waals surface area contributed by atoms with E-state index in [1.54, 1.807) is 0 Å². The Morgan fingerprint density at radius 2 is 1.75 bits per heavy atom. The minimum atomic E-state index is -0.300. The molecule has 4 aliphatic heterocycles. The monoisotopic (exact) mass is 336 g/mol. The molecular formula is C18H28N2O4. The molecule has 0 N–H and O–H groups in total. The minimum Gasteiger partial charge on any atom is -0.381 e. The van der Waals surface area contributed by atoms with E-state index >= 15 is 0 Å². The summed E-state index contributed by atoms with van der Waals surface area (Å²) in [6, 6.07) is -0.195. The van der Waals surface area contributed by atoms with Crippen LogP contribution in [-0.2, 0) is 19.1 Å². The first-order chi connectivity index (χ1) is 11.7. The molecule has 4 saturated heterocycles. The molecule has 0 spiro atoms. The Kier molecular flexibility index (Phi) is 4.77. The van der Waals surface area contributed by atoms with Crippen LogP contribution in [-0.4, -0.2) is 72.7 Å². The number of likely N-dealkylation sites (tertiary alicyclic amines) is 2. The summed E-state index contributed by atoms with van der Waals surface area (Å²) in [6.07, 6.45) is 6.23. The largest absolute Gasteiger partial charge is 0.381 e. The van der Waals surface area contributed by atoms with E-state index in [4.69, 9.17) is 9.47 Å². The van der Waals surface area contributed by atoms with E-state index in [9.17, 15) is 9.59 Å². The van der Waals surface area contributed by atoms with E-state index in [1.165, 1.54) is 0 Å². The summed E-state index contributed by atoms with van der Waals surface area (Å²) in [5.74, 6) is 0.693. The van der Waals surface area contributed by atoms with Gasteiger partial charge in [0.15, 0.2) is 0 Å². The van der Waals surface area contributed by atoms with Crippen LogP contribution in [0.2, 0.25) is 0 Å². The van der Waals surface area contributed by atoms with Crippen molar-refractivity contribution < 1.29 is 19.1 Å². The number of carbonyl (C=O) groups excluding carboxylic acids is 2. The van der Waals surface area contributed by atoms with Crippen LogP contribution >= 0.6 is 0 Å². The van der Waals surface area contributed by atoms with Gasteiger partial charge in [-0.25, -0.2) is 0 Å². The van der Waals surface area contributed by atoms with Crippen LogP contribution in [0.3, 0.4) is 0 Å². The molecule has 0 bridgehead atoms. The van der Waals surface area contributed by atoms with Gasteiger partial charge in [0.05, 0.1) is 12.1 Å². The van der Waals surface area contributed by atoms with E-state index in [0.717, 1.165) is 58.4 Å². The van der Waals surface area contributed by atoms with Crippen LogP contribution in [0.1, 0.15) is 44.9 Å². The molecule has 134 valence electrons. The van der Waals surface area contributed by atoms with Gasteiger partial charge in [0.25, 0.3) is 0 Å². The second-order valence-electron chi connectivity index (χ2n) is 7.61.